The molecule has 2 amide bonds. The van der Waals surface area contributed by atoms with Crippen LogP contribution >= 0.6 is 23.2 Å². The van der Waals surface area contributed by atoms with Crippen LogP contribution in [0.3, 0.4) is 0 Å². The Morgan fingerprint density at radius 1 is 1.06 bits per heavy atom. The molecule has 0 saturated carbocycles. The van der Waals surface area contributed by atoms with E-state index in [4.69, 9.17) is 27.6 Å². The number of halogens is 2. The van der Waals surface area contributed by atoms with Crippen molar-refractivity contribution in [2.24, 2.45) is 0 Å². The second-order valence-electron chi connectivity index (χ2n) is 6.83. The van der Waals surface area contributed by atoms with Crippen molar-refractivity contribution in [2.45, 2.75) is 6.92 Å². The van der Waals surface area contributed by atoms with E-state index in [0.717, 1.165) is 16.5 Å². The molecule has 9 heteroatoms. The molecule has 3 N–H and O–H groups in total. The summed E-state index contributed by atoms with van der Waals surface area (Å²) in [4.78, 5) is 21.4. The molecule has 2 aromatic carbocycles. The van der Waals surface area contributed by atoms with Crippen LogP contribution in [-0.2, 0) is 0 Å². The van der Waals surface area contributed by atoms with Crippen LogP contribution in [0.1, 0.15) is 5.56 Å². The van der Waals surface area contributed by atoms with Gasteiger partial charge in [-0.25, -0.2) is 14.8 Å². The van der Waals surface area contributed by atoms with Crippen LogP contribution in [-0.4, -0.2) is 29.1 Å². The van der Waals surface area contributed by atoms with Gasteiger partial charge in [0, 0.05) is 23.5 Å². The van der Waals surface area contributed by atoms with Gasteiger partial charge in [-0.1, -0.05) is 34.8 Å². The number of aromatic nitrogens is 2. The summed E-state index contributed by atoms with van der Waals surface area (Å²) in [6.45, 7) is 2.83. The summed E-state index contributed by atoms with van der Waals surface area (Å²) < 4.78 is 5.44. The number of benzene rings is 2. The van der Waals surface area contributed by atoms with Crippen LogP contribution in [0.4, 0.5) is 16.3 Å². The minimum atomic E-state index is -0.370. The fourth-order valence-corrected chi connectivity index (χ4v) is 3.46. The summed E-state index contributed by atoms with van der Waals surface area (Å²) in [5.41, 5.74) is 2.39. The van der Waals surface area contributed by atoms with Crippen molar-refractivity contribution in [3.63, 3.8) is 0 Å². The predicted molar refractivity (Wildman–Crippen MR) is 124 cm³/mol. The number of hydrogen-bond donors (Lipinski definition) is 3. The first kappa shape index (κ1) is 21.0. The van der Waals surface area contributed by atoms with E-state index in [1.807, 2.05) is 31.2 Å². The SMILES string of the molecule is Cc1ccc2nc(-c3ccco3)nc(NCCNC(=O)Nc3ccc(Cl)cc3Cl)c2c1. The first-order valence-corrected chi connectivity index (χ1v) is 10.3. The molecule has 0 spiro atoms. The largest absolute Gasteiger partial charge is 0.461 e. The molecule has 0 atom stereocenters. The van der Waals surface area contributed by atoms with Crippen molar-refractivity contribution in [1.82, 2.24) is 15.3 Å². The summed E-state index contributed by atoms with van der Waals surface area (Å²) in [5.74, 6) is 1.75. The number of rotatable bonds is 6. The van der Waals surface area contributed by atoms with Gasteiger partial charge in [-0.15, -0.1) is 0 Å². The number of amides is 2. The lowest BCUT2D eigenvalue weighted by molar-refractivity contribution is 0.252. The Hall–Kier alpha value is -3.29. The molecule has 2 aromatic heterocycles. The molecule has 31 heavy (non-hydrogen) atoms. The van der Waals surface area contributed by atoms with E-state index in [1.165, 1.54) is 0 Å². The smallest absolute Gasteiger partial charge is 0.319 e. The van der Waals surface area contributed by atoms with Gasteiger partial charge in [-0.05, 0) is 49.4 Å². The number of furan rings is 1. The lowest BCUT2D eigenvalue weighted by Crippen LogP contribution is -2.32. The second-order valence-corrected chi connectivity index (χ2v) is 7.67. The van der Waals surface area contributed by atoms with Crippen LogP contribution in [0.25, 0.3) is 22.5 Å². The van der Waals surface area contributed by atoms with Crippen molar-refractivity contribution in [3.05, 3.63) is 70.4 Å². The summed E-state index contributed by atoms with van der Waals surface area (Å²) >= 11 is 12.0. The lowest BCUT2D eigenvalue weighted by atomic mass is 10.1. The molecule has 4 rings (SSSR count). The number of urea groups is 1. The topological polar surface area (TPSA) is 92.1 Å². The highest BCUT2D eigenvalue weighted by molar-refractivity contribution is 6.36. The number of anilines is 2. The summed E-state index contributed by atoms with van der Waals surface area (Å²) in [5, 5.41) is 10.5. The van der Waals surface area contributed by atoms with Crippen LogP contribution in [0, 0.1) is 6.92 Å². The minimum absolute atomic E-state index is 0.366. The maximum atomic E-state index is 12.1. The van der Waals surface area contributed by atoms with Crippen molar-refractivity contribution in [3.8, 4) is 11.6 Å². The third-order valence-electron chi connectivity index (χ3n) is 4.48. The van der Waals surface area contributed by atoms with Crippen molar-refractivity contribution < 1.29 is 9.21 Å². The van der Waals surface area contributed by atoms with E-state index in [0.29, 0.717) is 46.2 Å². The van der Waals surface area contributed by atoms with Gasteiger partial charge in [0.05, 0.1) is 22.5 Å². The maximum absolute atomic E-state index is 12.1. The average molecular weight is 456 g/mol. The Morgan fingerprint density at radius 2 is 1.94 bits per heavy atom. The molecule has 0 fully saturated rings. The molecule has 2 heterocycles. The summed E-state index contributed by atoms with van der Waals surface area (Å²) in [7, 11) is 0. The standard InChI is InChI=1S/C22H19Cl2N5O2/c1-13-4-6-17-15(11-13)20(29-21(27-17)19-3-2-10-31-19)25-8-9-26-22(30)28-18-7-5-14(23)12-16(18)24/h2-7,10-12H,8-9H2,1H3,(H,25,27,29)(H2,26,28,30). The van der Waals surface area contributed by atoms with Gasteiger partial charge in [0.25, 0.3) is 0 Å². The zero-order chi connectivity index (χ0) is 21.8. The highest BCUT2D eigenvalue weighted by Crippen LogP contribution is 2.26. The number of nitrogens with one attached hydrogen (secondary N) is 3. The Labute approximate surface area is 188 Å². The molecule has 158 valence electrons. The quantitative estimate of drug-likeness (QED) is 0.322. The summed E-state index contributed by atoms with van der Waals surface area (Å²) in [6, 6.07) is 14.1. The lowest BCUT2D eigenvalue weighted by Gasteiger charge is -2.12. The van der Waals surface area contributed by atoms with Crippen molar-refractivity contribution in [2.75, 3.05) is 23.7 Å². The van der Waals surface area contributed by atoms with Crippen LogP contribution in [0.2, 0.25) is 10.0 Å². The molecule has 0 aliphatic rings. The van der Waals surface area contributed by atoms with E-state index in [2.05, 4.69) is 25.9 Å². The highest BCUT2D eigenvalue weighted by Gasteiger charge is 2.12. The number of hydrogen-bond acceptors (Lipinski definition) is 5. The number of fused-ring (bicyclic) bond motifs is 1. The van der Waals surface area contributed by atoms with E-state index >= 15 is 0 Å². The zero-order valence-electron chi connectivity index (χ0n) is 16.6. The number of carbonyl (C=O) groups is 1. The minimum Gasteiger partial charge on any atom is -0.461 e. The Morgan fingerprint density at radius 3 is 2.71 bits per heavy atom. The maximum Gasteiger partial charge on any atom is 0.319 e. The van der Waals surface area contributed by atoms with Gasteiger partial charge < -0.3 is 20.4 Å². The van der Waals surface area contributed by atoms with Crippen LogP contribution < -0.4 is 16.0 Å². The van der Waals surface area contributed by atoms with Gasteiger partial charge in [0.1, 0.15) is 5.82 Å². The Bertz CT molecular complexity index is 1230. The Kier molecular flexibility index (Phi) is 6.25. The monoisotopic (exact) mass is 455 g/mol. The van der Waals surface area contributed by atoms with Gasteiger partial charge in [-0.3, -0.25) is 0 Å². The van der Waals surface area contributed by atoms with E-state index in [9.17, 15) is 4.79 Å². The molecular weight excluding hydrogens is 437 g/mol. The molecule has 7 nitrogen and oxygen atoms in total. The third kappa shape index (κ3) is 5.07. The highest BCUT2D eigenvalue weighted by atomic mass is 35.5. The molecule has 0 saturated heterocycles. The molecule has 0 aliphatic heterocycles. The van der Waals surface area contributed by atoms with E-state index in [-0.39, 0.29) is 6.03 Å². The number of aryl methyl sites for hydroxylation is 1. The summed E-state index contributed by atoms with van der Waals surface area (Å²) in [6.07, 6.45) is 1.58. The molecule has 0 bridgehead atoms. The van der Waals surface area contributed by atoms with Gasteiger partial charge in [0.2, 0.25) is 0 Å². The van der Waals surface area contributed by atoms with Crippen molar-refractivity contribution in [1.29, 1.82) is 0 Å². The molecular formula is C22H19Cl2N5O2. The first-order chi connectivity index (χ1) is 15.0. The average Bonchev–Trinajstić information content (AvgIpc) is 3.28. The Balaban J connectivity index is 1.42. The number of carbonyl (C=O) groups excluding carboxylic acids is 1. The first-order valence-electron chi connectivity index (χ1n) is 9.55. The fourth-order valence-electron chi connectivity index (χ4n) is 3.01. The zero-order valence-corrected chi connectivity index (χ0v) is 18.1. The second kappa shape index (κ2) is 9.24. The van der Waals surface area contributed by atoms with Crippen LogP contribution in [0.15, 0.2) is 59.2 Å². The fraction of sp³-hybridized carbons (Fsp3) is 0.136. The van der Waals surface area contributed by atoms with Gasteiger partial charge in [0.15, 0.2) is 11.6 Å². The van der Waals surface area contributed by atoms with E-state index < -0.39 is 0 Å². The molecule has 4 aromatic rings. The van der Waals surface area contributed by atoms with Crippen molar-refractivity contribution >= 4 is 51.6 Å². The molecule has 0 aliphatic carbocycles. The predicted octanol–water partition coefficient (Wildman–Crippen LogP) is 5.74. The molecule has 0 unspecified atom stereocenters. The van der Waals surface area contributed by atoms with Crippen LogP contribution in [0.5, 0.6) is 0 Å². The third-order valence-corrected chi connectivity index (χ3v) is 5.02. The number of nitrogens with zero attached hydrogens (tertiary/aromatic N) is 2. The van der Waals surface area contributed by atoms with Gasteiger partial charge >= 0.3 is 6.03 Å². The van der Waals surface area contributed by atoms with E-state index in [1.54, 1.807) is 30.5 Å². The van der Waals surface area contributed by atoms with Gasteiger partial charge in [-0.2, -0.15) is 0 Å². The molecule has 0 radical (unpaired) electrons. The normalized spacial score (nSPS) is 10.8.